The van der Waals surface area contributed by atoms with Gasteiger partial charge in [-0.1, -0.05) is 55.3 Å². The van der Waals surface area contributed by atoms with Gasteiger partial charge in [-0.05, 0) is 30.0 Å². The van der Waals surface area contributed by atoms with E-state index in [-0.39, 0.29) is 54.7 Å². The minimum atomic E-state index is -0.277. The normalized spacial score (nSPS) is 26.0. The highest BCUT2D eigenvalue weighted by Gasteiger charge is 2.54. The highest BCUT2D eigenvalue weighted by atomic mass is 19.1. The lowest BCUT2D eigenvalue weighted by atomic mass is 9.73. The van der Waals surface area contributed by atoms with Crippen molar-refractivity contribution in [3.05, 3.63) is 59.9 Å². The number of carbonyl (C=O) groups is 2. The molecule has 0 unspecified atom stereocenters. The molecule has 1 saturated carbocycles. The molecule has 3 fully saturated rings. The van der Waals surface area contributed by atoms with Crippen LogP contribution in [0.25, 0.3) is 11.1 Å². The minimum absolute atomic E-state index is 0.0391. The van der Waals surface area contributed by atoms with Gasteiger partial charge in [0.2, 0.25) is 11.8 Å². The van der Waals surface area contributed by atoms with Gasteiger partial charge in [0.1, 0.15) is 5.82 Å². The molecule has 3 aliphatic rings. The lowest BCUT2D eigenvalue weighted by molar-refractivity contribution is -0.168. The molecule has 2 aliphatic heterocycles. The van der Waals surface area contributed by atoms with E-state index in [2.05, 4.69) is 0 Å². The summed E-state index contributed by atoms with van der Waals surface area (Å²) in [6.07, 6.45) is 3.99. The van der Waals surface area contributed by atoms with Crippen LogP contribution in [0.2, 0.25) is 0 Å². The molecule has 2 heterocycles. The van der Waals surface area contributed by atoms with Gasteiger partial charge in [0.15, 0.2) is 0 Å². The molecule has 1 N–H and O–H groups in total. The van der Waals surface area contributed by atoms with Gasteiger partial charge in [0.25, 0.3) is 0 Å². The smallest absolute Gasteiger partial charge is 0.242 e. The number of nitrogens with zero attached hydrogens (tertiary/aromatic N) is 2. The Morgan fingerprint density at radius 3 is 2.45 bits per heavy atom. The van der Waals surface area contributed by atoms with Gasteiger partial charge in [0.05, 0.1) is 25.2 Å². The molecule has 0 aromatic heterocycles. The van der Waals surface area contributed by atoms with Gasteiger partial charge in [-0.2, -0.15) is 0 Å². The van der Waals surface area contributed by atoms with Gasteiger partial charge in [0, 0.05) is 23.9 Å². The molecular weight excluding hydrogens is 395 g/mol. The van der Waals surface area contributed by atoms with Crippen LogP contribution in [-0.4, -0.2) is 58.5 Å². The number of piperazine rings is 1. The van der Waals surface area contributed by atoms with E-state index in [9.17, 15) is 19.1 Å². The second-order valence-corrected chi connectivity index (χ2v) is 8.95. The van der Waals surface area contributed by atoms with Gasteiger partial charge in [-0.3, -0.25) is 9.59 Å². The molecule has 2 aromatic rings. The maximum atomic E-state index is 14.1. The minimum Gasteiger partial charge on any atom is -0.394 e. The summed E-state index contributed by atoms with van der Waals surface area (Å²) in [6.45, 7) is 0.511. The van der Waals surface area contributed by atoms with Crippen molar-refractivity contribution >= 4 is 11.8 Å². The molecule has 0 spiro atoms. The lowest BCUT2D eigenvalue weighted by Gasteiger charge is -2.59. The predicted octanol–water partition coefficient (Wildman–Crippen LogP) is 3.18. The SMILES string of the molecule is O=C(C1CCCC1)N1CC(=O)N2[C@H](C1)[C@@H](c1ccc(-c3ccccc3F)cc1)[C@@H]2CO. The van der Waals surface area contributed by atoms with Crippen molar-refractivity contribution in [2.75, 3.05) is 19.7 Å². The molecule has 1 aliphatic carbocycles. The standard InChI is InChI=1S/C25H27FN2O3/c26-20-8-4-3-7-19(20)16-9-11-17(12-10-16)24-21-13-27(25(31)18-5-1-2-6-18)14-23(30)28(21)22(24)15-29/h3-4,7-12,18,21-22,24,29H,1-2,5-6,13-15H2/t21-,22+,24-/m1/s1. The highest BCUT2D eigenvalue weighted by Crippen LogP contribution is 2.43. The lowest BCUT2D eigenvalue weighted by Crippen LogP contribution is -2.73. The molecule has 6 heteroatoms. The first kappa shape index (κ1) is 20.2. The first-order valence-corrected chi connectivity index (χ1v) is 11.1. The van der Waals surface area contributed by atoms with Crippen LogP contribution in [0, 0.1) is 11.7 Å². The summed E-state index contributed by atoms with van der Waals surface area (Å²) in [5.41, 5.74) is 2.34. The number of hydrogen-bond acceptors (Lipinski definition) is 3. The number of fused-ring (bicyclic) bond motifs is 1. The van der Waals surface area contributed by atoms with Gasteiger partial charge < -0.3 is 14.9 Å². The van der Waals surface area contributed by atoms with Crippen LogP contribution in [-0.2, 0) is 9.59 Å². The zero-order chi connectivity index (χ0) is 21.5. The maximum absolute atomic E-state index is 14.1. The summed E-state index contributed by atoms with van der Waals surface area (Å²) in [6, 6.07) is 13.9. The Morgan fingerprint density at radius 2 is 1.77 bits per heavy atom. The average Bonchev–Trinajstić information content (AvgIpc) is 3.30. The van der Waals surface area contributed by atoms with Crippen LogP contribution in [0.1, 0.15) is 37.2 Å². The summed E-state index contributed by atoms with van der Waals surface area (Å²) in [7, 11) is 0. The van der Waals surface area contributed by atoms with Gasteiger partial charge >= 0.3 is 0 Å². The van der Waals surface area contributed by atoms with Crippen LogP contribution >= 0.6 is 0 Å². The summed E-state index contributed by atoms with van der Waals surface area (Å²) < 4.78 is 14.1. The quantitative estimate of drug-likeness (QED) is 0.823. The number of aliphatic hydroxyl groups excluding tert-OH is 1. The fraction of sp³-hybridized carbons (Fsp3) is 0.440. The maximum Gasteiger partial charge on any atom is 0.242 e. The summed E-state index contributed by atoms with van der Waals surface area (Å²) >= 11 is 0. The third-order valence-electron chi connectivity index (χ3n) is 7.25. The highest BCUT2D eigenvalue weighted by molar-refractivity contribution is 5.88. The fourth-order valence-corrected chi connectivity index (χ4v) is 5.68. The van der Waals surface area contributed by atoms with Crippen molar-refractivity contribution in [2.24, 2.45) is 5.92 Å². The number of amides is 2. The first-order chi connectivity index (χ1) is 15.1. The van der Waals surface area contributed by atoms with Crippen LogP contribution < -0.4 is 0 Å². The number of halogens is 1. The van der Waals surface area contributed by atoms with Gasteiger partial charge in [-0.25, -0.2) is 4.39 Å². The summed E-state index contributed by atoms with van der Waals surface area (Å²) in [5, 5.41) is 9.97. The summed E-state index contributed by atoms with van der Waals surface area (Å²) in [5.74, 6) is -0.237. The molecule has 31 heavy (non-hydrogen) atoms. The second kappa shape index (κ2) is 8.08. The van der Waals surface area contributed by atoms with Crippen molar-refractivity contribution in [3.63, 3.8) is 0 Å². The Hall–Kier alpha value is -2.73. The zero-order valence-electron chi connectivity index (χ0n) is 17.4. The van der Waals surface area contributed by atoms with E-state index in [0.717, 1.165) is 36.8 Å². The Labute approximate surface area is 181 Å². The van der Waals surface area contributed by atoms with Crippen molar-refractivity contribution < 1.29 is 19.1 Å². The zero-order valence-corrected chi connectivity index (χ0v) is 17.4. The van der Waals surface area contributed by atoms with E-state index in [0.29, 0.717) is 12.1 Å². The van der Waals surface area contributed by atoms with Crippen LogP contribution in [0.5, 0.6) is 0 Å². The predicted molar refractivity (Wildman–Crippen MR) is 115 cm³/mol. The van der Waals surface area contributed by atoms with Crippen molar-refractivity contribution in [3.8, 4) is 11.1 Å². The van der Waals surface area contributed by atoms with E-state index in [4.69, 9.17) is 0 Å². The third-order valence-corrected chi connectivity index (χ3v) is 7.25. The van der Waals surface area contributed by atoms with Crippen LogP contribution in [0.4, 0.5) is 4.39 Å². The number of hydrogen-bond donors (Lipinski definition) is 1. The van der Waals surface area contributed by atoms with Crippen LogP contribution in [0.3, 0.4) is 0 Å². The molecule has 0 bridgehead atoms. The molecule has 5 nitrogen and oxygen atoms in total. The molecule has 0 radical (unpaired) electrons. The molecule has 5 rings (SSSR count). The molecule has 2 amide bonds. The van der Waals surface area contributed by atoms with Crippen LogP contribution in [0.15, 0.2) is 48.5 Å². The van der Waals surface area contributed by atoms with Crippen molar-refractivity contribution in [1.82, 2.24) is 9.80 Å². The van der Waals surface area contributed by atoms with E-state index in [1.54, 1.807) is 21.9 Å². The Kier molecular flexibility index (Phi) is 5.26. The van der Waals surface area contributed by atoms with E-state index < -0.39 is 0 Å². The Bertz CT molecular complexity index is 987. The third kappa shape index (κ3) is 3.43. The first-order valence-electron chi connectivity index (χ1n) is 11.1. The van der Waals surface area contributed by atoms with E-state index in [1.165, 1.54) is 6.07 Å². The largest absolute Gasteiger partial charge is 0.394 e. The molecule has 2 aromatic carbocycles. The molecule has 2 saturated heterocycles. The number of aliphatic hydroxyl groups is 1. The van der Waals surface area contributed by atoms with Gasteiger partial charge in [-0.15, -0.1) is 0 Å². The van der Waals surface area contributed by atoms with Crippen molar-refractivity contribution in [2.45, 2.75) is 43.7 Å². The molecule has 162 valence electrons. The number of rotatable bonds is 4. The van der Waals surface area contributed by atoms with Crippen molar-refractivity contribution in [1.29, 1.82) is 0 Å². The number of benzene rings is 2. The van der Waals surface area contributed by atoms with E-state index in [1.807, 2.05) is 30.3 Å². The van der Waals surface area contributed by atoms with E-state index >= 15 is 0 Å². The topological polar surface area (TPSA) is 60.9 Å². The second-order valence-electron chi connectivity index (χ2n) is 8.95. The molecule has 3 atom stereocenters. The monoisotopic (exact) mass is 422 g/mol. The Balaban J connectivity index is 1.38. The Morgan fingerprint density at radius 1 is 1.06 bits per heavy atom. The average molecular weight is 423 g/mol. The molecular formula is C25H27FN2O3. The number of carbonyl (C=O) groups excluding carboxylic acids is 2. The fourth-order valence-electron chi connectivity index (χ4n) is 5.68. The summed E-state index contributed by atoms with van der Waals surface area (Å²) in [4.78, 5) is 29.2.